The number of benzene rings is 2. The monoisotopic (exact) mass is 294 g/mol. The minimum atomic E-state index is -0.504. The molecule has 0 N–H and O–H groups in total. The van der Waals surface area contributed by atoms with Gasteiger partial charge in [0.2, 0.25) is 0 Å². The molecular formula is C16H16ClFO2. The summed E-state index contributed by atoms with van der Waals surface area (Å²) in [5, 5.41) is -0.504. The van der Waals surface area contributed by atoms with Crippen LogP contribution in [0.2, 0.25) is 0 Å². The second-order valence-corrected chi connectivity index (χ2v) is 4.92. The third-order valence-corrected chi connectivity index (χ3v) is 3.69. The molecule has 20 heavy (non-hydrogen) atoms. The molecule has 0 aliphatic carbocycles. The Labute approximate surface area is 123 Å². The quantitative estimate of drug-likeness (QED) is 0.774. The molecule has 0 saturated heterocycles. The van der Waals surface area contributed by atoms with Gasteiger partial charge in [-0.3, -0.25) is 0 Å². The molecule has 0 spiro atoms. The smallest absolute Gasteiger partial charge is 0.126 e. The average Bonchev–Trinajstić information content (AvgIpc) is 2.48. The second-order valence-electron chi connectivity index (χ2n) is 4.48. The van der Waals surface area contributed by atoms with Crippen molar-refractivity contribution < 1.29 is 13.9 Å². The Hall–Kier alpha value is -1.74. The fourth-order valence-corrected chi connectivity index (χ4v) is 2.29. The zero-order valence-electron chi connectivity index (χ0n) is 11.6. The zero-order valence-corrected chi connectivity index (χ0v) is 12.4. The van der Waals surface area contributed by atoms with Crippen LogP contribution in [0.25, 0.3) is 0 Å². The van der Waals surface area contributed by atoms with E-state index < -0.39 is 5.38 Å². The fourth-order valence-electron chi connectivity index (χ4n) is 1.98. The van der Waals surface area contributed by atoms with E-state index in [1.165, 1.54) is 6.07 Å². The number of rotatable bonds is 4. The first-order valence-electron chi connectivity index (χ1n) is 6.19. The van der Waals surface area contributed by atoms with E-state index in [1.807, 2.05) is 6.07 Å². The number of alkyl halides is 1. The summed E-state index contributed by atoms with van der Waals surface area (Å²) >= 11 is 6.47. The molecule has 4 heteroatoms. The highest BCUT2D eigenvalue weighted by molar-refractivity contribution is 6.22. The lowest BCUT2D eigenvalue weighted by molar-refractivity contribution is 0.399. The maximum Gasteiger partial charge on any atom is 0.126 e. The van der Waals surface area contributed by atoms with Gasteiger partial charge in [-0.15, -0.1) is 11.6 Å². The van der Waals surface area contributed by atoms with E-state index in [9.17, 15) is 4.39 Å². The first-order valence-corrected chi connectivity index (χ1v) is 6.62. The molecule has 2 aromatic rings. The average molecular weight is 295 g/mol. The van der Waals surface area contributed by atoms with Crippen molar-refractivity contribution in [2.45, 2.75) is 12.3 Å². The number of halogens is 2. The molecule has 2 aromatic carbocycles. The largest absolute Gasteiger partial charge is 0.497 e. The Balaban J connectivity index is 2.45. The van der Waals surface area contributed by atoms with Crippen molar-refractivity contribution in [2.75, 3.05) is 14.2 Å². The summed E-state index contributed by atoms with van der Waals surface area (Å²) in [6, 6.07) is 10.4. The summed E-state index contributed by atoms with van der Waals surface area (Å²) in [6.07, 6.45) is 0. The Morgan fingerprint density at radius 3 is 2.40 bits per heavy atom. The Kier molecular flexibility index (Phi) is 4.50. The molecule has 0 aliphatic rings. The Morgan fingerprint density at radius 2 is 1.80 bits per heavy atom. The maximum absolute atomic E-state index is 13.7. The maximum atomic E-state index is 13.7. The van der Waals surface area contributed by atoms with E-state index in [0.29, 0.717) is 22.6 Å². The lowest BCUT2D eigenvalue weighted by Crippen LogP contribution is -1.99. The predicted molar refractivity (Wildman–Crippen MR) is 78.4 cm³/mol. The van der Waals surface area contributed by atoms with Gasteiger partial charge in [0.1, 0.15) is 17.3 Å². The van der Waals surface area contributed by atoms with Gasteiger partial charge in [-0.05, 0) is 42.3 Å². The highest BCUT2D eigenvalue weighted by Gasteiger charge is 2.17. The van der Waals surface area contributed by atoms with Crippen molar-refractivity contribution in [1.29, 1.82) is 0 Å². The molecular weight excluding hydrogens is 279 g/mol. The van der Waals surface area contributed by atoms with Crippen molar-refractivity contribution in [1.82, 2.24) is 0 Å². The normalized spacial score (nSPS) is 12.1. The van der Waals surface area contributed by atoms with E-state index in [4.69, 9.17) is 21.1 Å². The molecule has 0 radical (unpaired) electrons. The lowest BCUT2D eigenvalue weighted by atomic mass is 10.0. The highest BCUT2D eigenvalue weighted by Crippen LogP contribution is 2.37. The van der Waals surface area contributed by atoms with Gasteiger partial charge < -0.3 is 9.47 Å². The molecule has 1 unspecified atom stereocenters. The van der Waals surface area contributed by atoms with Crippen LogP contribution in [0.5, 0.6) is 11.5 Å². The number of aryl methyl sites for hydroxylation is 1. The predicted octanol–water partition coefficient (Wildman–Crippen LogP) is 4.48. The van der Waals surface area contributed by atoms with Gasteiger partial charge in [0.25, 0.3) is 0 Å². The molecule has 0 fully saturated rings. The SMILES string of the molecule is COc1ccc(OC)c(C(Cl)c2ccc(C)c(F)c2)c1. The van der Waals surface area contributed by atoms with E-state index in [-0.39, 0.29) is 5.82 Å². The van der Waals surface area contributed by atoms with Gasteiger partial charge in [-0.1, -0.05) is 12.1 Å². The van der Waals surface area contributed by atoms with E-state index in [2.05, 4.69) is 0 Å². The third kappa shape index (κ3) is 2.88. The highest BCUT2D eigenvalue weighted by atomic mass is 35.5. The molecule has 1 atom stereocenters. The standard InChI is InChI=1S/C16H16ClFO2/c1-10-4-5-11(8-14(10)18)16(17)13-9-12(19-2)6-7-15(13)20-3/h4-9,16H,1-3H3. The molecule has 0 heterocycles. The van der Waals surface area contributed by atoms with Gasteiger partial charge in [-0.25, -0.2) is 4.39 Å². The molecule has 0 amide bonds. The van der Waals surface area contributed by atoms with Crippen molar-refractivity contribution >= 4 is 11.6 Å². The van der Waals surface area contributed by atoms with E-state index in [0.717, 1.165) is 5.56 Å². The second kappa shape index (κ2) is 6.14. The van der Waals surface area contributed by atoms with Crippen LogP contribution in [0.4, 0.5) is 4.39 Å². The van der Waals surface area contributed by atoms with Crippen LogP contribution in [-0.4, -0.2) is 14.2 Å². The zero-order chi connectivity index (χ0) is 14.7. The van der Waals surface area contributed by atoms with Gasteiger partial charge >= 0.3 is 0 Å². The molecule has 0 aliphatic heterocycles. The van der Waals surface area contributed by atoms with Crippen molar-refractivity contribution in [3.8, 4) is 11.5 Å². The summed E-state index contributed by atoms with van der Waals surface area (Å²) in [7, 11) is 3.16. The first kappa shape index (κ1) is 14.7. The number of ether oxygens (including phenoxy) is 2. The number of hydrogen-bond acceptors (Lipinski definition) is 2. The van der Waals surface area contributed by atoms with Crippen LogP contribution in [-0.2, 0) is 0 Å². The topological polar surface area (TPSA) is 18.5 Å². The summed E-state index contributed by atoms with van der Waals surface area (Å²) in [4.78, 5) is 0. The van der Waals surface area contributed by atoms with Gasteiger partial charge in [-0.2, -0.15) is 0 Å². The molecule has 2 rings (SSSR count). The van der Waals surface area contributed by atoms with Crippen molar-refractivity contribution in [3.63, 3.8) is 0 Å². The van der Waals surface area contributed by atoms with E-state index in [1.54, 1.807) is 45.4 Å². The summed E-state index contributed by atoms with van der Waals surface area (Å²) in [5.74, 6) is 1.06. The molecule has 106 valence electrons. The molecule has 2 nitrogen and oxygen atoms in total. The molecule has 0 saturated carbocycles. The number of methoxy groups -OCH3 is 2. The van der Waals surface area contributed by atoms with Crippen LogP contribution in [0, 0.1) is 12.7 Å². The van der Waals surface area contributed by atoms with Crippen LogP contribution in [0.3, 0.4) is 0 Å². The Bertz CT molecular complexity index is 613. The van der Waals surface area contributed by atoms with Gasteiger partial charge in [0.05, 0.1) is 19.6 Å². The van der Waals surface area contributed by atoms with Gasteiger partial charge in [0, 0.05) is 5.56 Å². The minimum Gasteiger partial charge on any atom is -0.497 e. The van der Waals surface area contributed by atoms with Crippen LogP contribution in [0.15, 0.2) is 36.4 Å². The van der Waals surface area contributed by atoms with Crippen LogP contribution in [0.1, 0.15) is 22.1 Å². The van der Waals surface area contributed by atoms with Crippen LogP contribution < -0.4 is 9.47 Å². The fraction of sp³-hybridized carbons (Fsp3) is 0.250. The van der Waals surface area contributed by atoms with Crippen LogP contribution >= 0.6 is 11.6 Å². The Morgan fingerprint density at radius 1 is 1.05 bits per heavy atom. The molecule has 0 bridgehead atoms. The summed E-state index contributed by atoms with van der Waals surface area (Å²) in [6.45, 7) is 1.72. The summed E-state index contributed by atoms with van der Waals surface area (Å²) < 4.78 is 24.2. The van der Waals surface area contributed by atoms with Crippen molar-refractivity contribution in [2.24, 2.45) is 0 Å². The summed E-state index contributed by atoms with van der Waals surface area (Å²) in [5.41, 5.74) is 2.02. The third-order valence-electron chi connectivity index (χ3n) is 3.20. The first-order chi connectivity index (χ1) is 9.56. The van der Waals surface area contributed by atoms with Gasteiger partial charge in [0.15, 0.2) is 0 Å². The lowest BCUT2D eigenvalue weighted by Gasteiger charge is -2.16. The minimum absolute atomic E-state index is 0.269. The molecule has 0 aromatic heterocycles. The van der Waals surface area contributed by atoms with E-state index >= 15 is 0 Å². The number of hydrogen-bond donors (Lipinski definition) is 0. The van der Waals surface area contributed by atoms with Crippen molar-refractivity contribution in [3.05, 3.63) is 58.9 Å².